The maximum Gasteiger partial charge on any atom is -0.0297 e. The van der Waals surface area contributed by atoms with Crippen molar-refractivity contribution in [2.24, 2.45) is 11.3 Å². The average molecular weight is 137 g/mol. The van der Waals surface area contributed by atoms with Crippen molar-refractivity contribution in [3.05, 3.63) is 6.92 Å². The first-order valence-corrected chi connectivity index (χ1v) is 4.64. The van der Waals surface area contributed by atoms with Crippen molar-refractivity contribution in [2.75, 3.05) is 0 Å². The molecule has 2 rings (SSSR count). The lowest BCUT2D eigenvalue weighted by atomic mass is 9.59. The van der Waals surface area contributed by atoms with Crippen LogP contribution in [0.1, 0.15) is 44.9 Å². The van der Waals surface area contributed by atoms with Gasteiger partial charge in [0.15, 0.2) is 0 Å². The molecule has 0 nitrogen and oxygen atoms in total. The molecule has 1 radical (unpaired) electrons. The van der Waals surface area contributed by atoms with Crippen LogP contribution >= 0.6 is 0 Å². The second kappa shape index (κ2) is 2.25. The van der Waals surface area contributed by atoms with Crippen molar-refractivity contribution in [3.63, 3.8) is 0 Å². The van der Waals surface area contributed by atoms with Gasteiger partial charge in [-0.25, -0.2) is 0 Å². The summed E-state index contributed by atoms with van der Waals surface area (Å²) in [4.78, 5) is 0. The standard InChI is InChI=1S/C10H17/c1-9-3-7-10(8-4-9)5-2-6-10/h9H,1-8H2. The van der Waals surface area contributed by atoms with Crippen LogP contribution in [0.2, 0.25) is 0 Å². The Balaban J connectivity index is 1.90. The highest BCUT2D eigenvalue weighted by Crippen LogP contribution is 2.52. The number of hydrogen-bond donors (Lipinski definition) is 0. The van der Waals surface area contributed by atoms with E-state index in [1.54, 1.807) is 0 Å². The fraction of sp³-hybridized carbons (Fsp3) is 0.900. The van der Waals surface area contributed by atoms with E-state index in [1.165, 1.54) is 44.9 Å². The fourth-order valence-corrected chi connectivity index (χ4v) is 2.47. The van der Waals surface area contributed by atoms with E-state index in [0.29, 0.717) is 0 Å². The van der Waals surface area contributed by atoms with Crippen LogP contribution in [0, 0.1) is 18.3 Å². The van der Waals surface area contributed by atoms with Gasteiger partial charge in [0, 0.05) is 0 Å². The molecule has 0 unspecified atom stereocenters. The number of rotatable bonds is 0. The summed E-state index contributed by atoms with van der Waals surface area (Å²) in [5.74, 6) is 0.784. The van der Waals surface area contributed by atoms with Crippen LogP contribution in [0.15, 0.2) is 0 Å². The Kier molecular flexibility index (Phi) is 1.51. The zero-order valence-corrected chi connectivity index (χ0v) is 6.73. The predicted octanol–water partition coefficient (Wildman–Crippen LogP) is 3.18. The Bertz CT molecular complexity index is 112. The third kappa shape index (κ3) is 0.980. The van der Waals surface area contributed by atoms with Crippen LogP contribution < -0.4 is 0 Å². The Morgan fingerprint density at radius 1 is 1.00 bits per heavy atom. The van der Waals surface area contributed by atoms with Crippen molar-refractivity contribution in [1.82, 2.24) is 0 Å². The first kappa shape index (κ1) is 6.69. The Hall–Kier alpha value is 0. The maximum absolute atomic E-state index is 4.12. The van der Waals surface area contributed by atoms with Crippen LogP contribution in [-0.4, -0.2) is 0 Å². The number of hydrogen-bond acceptors (Lipinski definition) is 0. The highest BCUT2D eigenvalue weighted by molar-refractivity contribution is 4.91. The highest BCUT2D eigenvalue weighted by Gasteiger charge is 2.38. The van der Waals surface area contributed by atoms with Gasteiger partial charge in [-0.3, -0.25) is 0 Å². The molecule has 0 aromatic carbocycles. The van der Waals surface area contributed by atoms with Crippen molar-refractivity contribution in [3.8, 4) is 0 Å². The third-order valence-electron chi connectivity index (χ3n) is 3.58. The summed E-state index contributed by atoms with van der Waals surface area (Å²) in [6, 6.07) is 0. The monoisotopic (exact) mass is 137 g/mol. The molecule has 0 aliphatic heterocycles. The van der Waals surface area contributed by atoms with E-state index in [0.717, 1.165) is 11.3 Å². The van der Waals surface area contributed by atoms with Crippen molar-refractivity contribution < 1.29 is 0 Å². The zero-order valence-electron chi connectivity index (χ0n) is 6.73. The summed E-state index contributed by atoms with van der Waals surface area (Å²) < 4.78 is 0. The zero-order chi connectivity index (χ0) is 7.03. The van der Waals surface area contributed by atoms with Crippen molar-refractivity contribution >= 4 is 0 Å². The van der Waals surface area contributed by atoms with E-state index < -0.39 is 0 Å². The predicted molar refractivity (Wildman–Crippen MR) is 43.6 cm³/mol. The fourth-order valence-electron chi connectivity index (χ4n) is 2.47. The van der Waals surface area contributed by atoms with Gasteiger partial charge in [0.25, 0.3) is 0 Å². The summed E-state index contributed by atoms with van der Waals surface area (Å²) in [5.41, 5.74) is 0.841. The lowest BCUT2D eigenvalue weighted by molar-refractivity contribution is 0.0639. The first-order chi connectivity index (χ1) is 4.81. The summed E-state index contributed by atoms with van der Waals surface area (Å²) in [6.45, 7) is 4.12. The summed E-state index contributed by atoms with van der Waals surface area (Å²) in [5, 5.41) is 0. The lowest BCUT2D eigenvalue weighted by Gasteiger charge is -2.46. The Morgan fingerprint density at radius 3 is 2.00 bits per heavy atom. The summed E-state index contributed by atoms with van der Waals surface area (Å²) >= 11 is 0. The van der Waals surface area contributed by atoms with Gasteiger partial charge in [-0.2, -0.15) is 0 Å². The van der Waals surface area contributed by atoms with E-state index in [9.17, 15) is 0 Å². The van der Waals surface area contributed by atoms with Gasteiger partial charge >= 0.3 is 0 Å². The van der Waals surface area contributed by atoms with Gasteiger partial charge in [0.1, 0.15) is 0 Å². The van der Waals surface area contributed by atoms with Gasteiger partial charge < -0.3 is 0 Å². The minimum Gasteiger partial charge on any atom is -0.0522 e. The van der Waals surface area contributed by atoms with E-state index in [4.69, 9.17) is 0 Å². The minimum absolute atomic E-state index is 0.784. The molecule has 2 aliphatic carbocycles. The van der Waals surface area contributed by atoms with Crippen LogP contribution in [0.3, 0.4) is 0 Å². The first-order valence-electron chi connectivity index (χ1n) is 4.64. The van der Waals surface area contributed by atoms with Gasteiger partial charge in [-0.15, -0.1) is 0 Å². The van der Waals surface area contributed by atoms with Crippen LogP contribution in [-0.2, 0) is 0 Å². The molecule has 0 atom stereocenters. The van der Waals surface area contributed by atoms with E-state index in [-0.39, 0.29) is 0 Å². The third-order valence-corrected chi connectivity index (χ3v) is 3.58. The Labute approximate surface area is 64.0 Å². The summed E-state index contributed by atoms with van der Waals surface area (Å²) in [6.07, 6.45) is 10.3. The molecule has 2 fully saturated rings. The average Bonchev–Trinajstić information content (AvgIpc) is 1.86. The van der Waals surface area contributed by atoms with E-state index in [1.807, 2.05) is 0 Å². The van der Waals surface area contributed by atoms with Gasteiger partial charge in [-0.05, 0) is 49.9 Å². The minimum atomic E-state index is 0.784. The lowest BCUT2D eigenvalue weighted by Crippen LogP contribution is -2.33. The van der Waals surface area contributed by atoms with Crippen LogP contribution in [0.5, 0.6) is 0 Å². The molecule has 1 spiro atoms. The molecule has 0 aromatic heterocycles. The SMILES string of the molecule is [CH2]C1CCC2(CCC2)CC1. The molecule has 0 heteroatoms. The van der Waals surface area contributed by atoms with Crippen molar-refractivity contribution in [1.29, 1.82) is 0 Å². The second-order valence-corrected chi connectivity index (χ2v) is 4.30. The maximum atomic E-state index is 4.12. The molecule has 0 bridgehead atoms. The molecular weight excluding hydrogens is 120 g/mol. The van der Waals surface area contributed by atoms with Gasteiger partial charge in [0.05, 0.1) is 0 Å². The molecule has 0 amide bonds. The molecule has 0 aromatic rings. The van der Waals surface area contributed by atoms with Gasteiger partial charge in [-0.1, -0.05) is 13.3 Å². The quantitative estimate of drug-likeness (QED) is 0.481. The molecule has 2 aliphatic rings. The molecule has 10 heavy (non-hydrogen) atoms. The van der Waals surface area contributed by atoms with Crippen LogP contribution in [0.25, 0.3) is 0 Å². The molecule has 57 valence electrons. The molecule has 0 N–H and O–H groups in total. The molecular formula is C10H17. The molecule has 2 saturated carbocycles. The highest BCUT2D eigenvalue weighted by atomic mass is 14.4. The topological polar surface area (TPSA) is 0 Å². The van der Waals surface area contributed by atoms with Crippen LogP contribution in [0.4, 0.5) is 0 Å². The second-order valence-electron chi connectivity index (χ2n) is 4.30. The Morgan fingerprint density at radius 2 is 1.60 bits per heavy atom. The van der Waals surface area contributed by atoms with E-state index >= 15 is 0 Å². The molecule has 0 saturated heterocycles. The summed E-state index contributed by atoms with van der Waals surface area (Å²) in [7, 11) is 0. The normalized spacial score (nSPS) is 32.1. The molecule has 0 heterocycles. The van der Waals surface area contributed by atoms with Crippen molar-refractivity contribution in [2.45, 2.75) is 44.9 Å². The smallest absolute Gasteiger partial charge is 0.0297 e. The van der Waals surface area contributed by atoms with E-state index in [2.05, 4.69) is 6.92 Å². The van der Waals surface area contributed by atoms with Gasteiger partial charge in [0.2, 0.25) is 0 Å². The largest absolute Gasteiger partial charge is 0.0522 e.